The van der Waals surface area contributed by atoms with Crippen LogP contribution in [0.4, 0.5) is 0 Å². The van der Waals surface area contributed by atoms with Crippen molar-refractivity contribution in [2.45, 2.75) is 25.4 Å². The average Bonchev–Trinajstić information content (AvgIpc) is 3.23. The summed E-state index contributed by atoms with van der Waals surface area (Å²) in [7, 11) is 1.69. The lowest BCUT2D eigenvalue weighted by molar-refractivity contribution is 0.133. The van der Waals surface area contributed by atoms with E-state index >= 15 is 0 Å². The Morgan fingerprint density at radius 1 is 1.41 bits per heavy atom. The molecule has 1 fully saturated rings. The standard InChI is InChI=1S/C17H21N3O2/c1-21-14-4-2-3-12(9-14)17-18-15-5-7-20(10-16(15)19-17)13-6-8-22-11-13/h2-4,9,13H,5-8,10-11H2,1H3,(H,18,19)/t13-/m0/s1. The first kappa shape index (κ1) is 13.8. The number of benzene rings is 1. The first-order chi connectivity index (χ1) is 10.8. The number of nitrogens with one attached hydrogen (secondary N) is 1. The van der Waals surface area contributed by atoms with Crippen molar-refractivity contribution in [3.8, 4) is 17.1 Å². The molecular weight excluding hydrogens is 278 g/mol. The second kappa shape index (κ2) is 5.74. The maximum absolute atomic E-state index is 5.52. The Bertz CT molecular complexity index is 662. The molecule has 1 atom stereocenters. The summed E-state index contributed by atoms with van der Waals surface area (Å²) < 4.78 is 10.8. The zero-order valence-electron chi connectivity index (χ0n) is 12.8. The van der Waals surface area contributed by atoms with Crippen molar-refractivity contribution in [2.75, 3.05) is 26.9 Å². The van der Waals surface area contributed by atoms with Gasteiger partial charge in [-0.1, -0.05) is 12.1 Å². The van der Waals surface area contributed by atoms with Gasteiger partial charge in [0.25, 0.3) is 0 Å². The molecule has 2 aliphatic rings. The molecule has 5 heteroatoms. The van der Waals surface area contributed by atoms with Crippen LogP contribution < -0.4 is 4.74 Å². The maximum Gasteiger partial charge on any atom is 0.137 e. The molecular formula is C17H21N3O2. The lowest BCUT2D eigenvalue weighted by Gasteiger charge is -2.30. The molecule has 0 saturated carbocycles. The number of fused-ring (bicyclic) bond motifs is 1. The molecule has 0 unspecified atom stereocenters. The Balaban J connectivity index is 1.58. The maximum atomic E-state index is 5.52. The van der Waals surface area contributed by atoms with E-state index in [4.69, 9.17) is 14.5 Å². The van der Waals surface area contributed by atoms with Crippen molar-refractivity contribution in [3.63, 3.8) is 0 Å². The highest BCUT2D eigenvalue weighted by Crippen LogP contribution is 2.27. The highest BCUT2D eigenvalue weighted by atomic mass is 16.5. The van der Waals surface area contributed by atoms with Gasteiger partial charge < -0.3 is 14.5 Å². The molecule has 1 aromatic heterocycles. The molecule has 2 aliphatic heterocycles. The zero-order valence-corrected chi connectivity index (χ0v) is 12.8. The van der Waals surface area contributed by atoms with Gasteiger partial charge in [-0.05, 0) is 18.6 Å². The van der Waals surface area contributed by atoms with E-state index in [1.165, 1.54) is 11.4 Å². The second-order valence-corrected chi connectivity index (χ2v) is 5.98. The van der Waals surface area contributed by atoms with Crippen LogP contribution in [0.2, 0.25) is 0 Å². The molecule has 22 heavy (non-hydrogen) atoms. The van der Waals surface area contributed by atoms with Gasteiger partial charge in [0, 0.05) is 37.7 Å². The molecule has 5 nitrogen and oxygen atoms in total. The Labute approximate surface area is 130 Å². The lowest BCUT2D eigenvalue weighted by atomic mass is 10.1. The van der Waals surface area contributed by atoms with Crippen LogP contribution in [0.25, 0.3) is 11.4 Å². The quantitative estimate of drug-likeness (QED) is 0.944. The topological polar surface area (TPSA) is 50.4 Å². The Morgan fingerprint density at radius 3 is 3.18 bits per heavy atom. The Kier molecular flexibility index (Phi) is 3.60. The summed E-state index contributed by atoms with van der Waals surface area (Å²) in [6.45, 7) is 3.78. The molecule has 2 aromatic rings. The highest BCUT2D eigenvalue weighted by molar-refractivity contribution is 5.58. The summed E-state index contributed by atoms with van der Waals surface area (Å²) in [4.78, 5) is 10.8. The molecule has 1 N–H and O–H groups in total. The summed E-state index contributed by atoms with van der Waals surface area (Å²) in [6, 6.07) is 8.60. The summed E-state index contributed by atoms with van der Waals surface area (Å²) in [5.74, 6) is 1.80. The van der Waals surface area contributed by atoms with Crippen molar-refractivity contribution >= 4 is 0 Å². The molecule has 0 aliphatic carbocycles. The van der Waals surface area contributed by atoms with E-state index in [1.54, 1.807) is 7.11 Å². The number of ether oxygens (including phenoxy) is 2. The molecule has 0 radical (unpaired) electrons. The van der Waals surface area contributed by atoms with Crippen LogP contribution in [0.3, 0.4) is 0 Å². The summed E-state index contributed by atoms with van der Waals surface area (Å²) in [5, 5.41) is 0. The SMILES string of the molecule is COc1cccc(-c2nc3c([nH]2)CN([C@H]2CCOC2)CC3)c1. The lowest BCUT2D eigenvalue weighted by Crippen LogP contribution is -2.39. The van der Waals surface area contributed by atoms with Crippen molar-refractivity contribution in [3.05, 3.63) is 35.7 Å². The smallest absolute Gasteiger partial charge is 0.137 e. The number of nitrogens with zero attached hydrogens (tertiary/aromatic N) is 2. The van der Waals surface area contributed by atoms with E-state index in [2.05, 4.69) is 16.0 Å². The van der Waals surface area contributed by atoms with E-state index < -0.39 is 0 Å². The van der Waals surface area contributed by atoms with Crippen molar-refractivity contribution in [1.82, 2.24) is 14.9 Å². The molecule has 4 rings (SSSR count). The van der Waals surface area contributed by atoms with Crippen LogP contribution in [0.5, 0.6) is 5.75 Å². The largest absolute Gasteiger partial charge is 0.497 e. The van der Waals surface area contributed by atoms with Gasteiger partial charge in [0.05, 0.1) is 25.1 Å². The number of methoxy groups -OCH3 is 1. The van der Waals surface area contributed by atoms with Crippen molar-refractivity contribution in [2.24, 2.45) is 0 Å². The van der Waals surface area contributed by atoms with Crippen LogP contribution in [-0.4, -0.2) is 47.8 Å². The van der Waals surface area contributed by atoms with Gasteiger partial charge in [0.2, 0.25) is 0 Å². The van der Waals surface area contributed by atoms with Crippen LogP contribution in [-0.2, 0) is 17.7 Å². The fourth-order valence-electron chi connectivity index (χ4n) is 3.34. The van der Waals surface area contributed by atoms with Gasteiger partial charge >= 0.3 is 0 Å². The third kappa shape index (κ3) is 2.51. The minimum atomic E-state index is 0.566. The first-order valence-corrected chi connectivity index (χ1v) is 7.87. The molecule has 1 saturated heterocycles. The first-order valence-electron chi connectivity index (χ1n) is 7.87. The van der Waals surface area contributed by atoms with Crippen LogP contribution in [0, 0.1) is 0 Å². The van der Waals surface area contributed by atoms with E-state index in [9.17, 15) is 0 Å². The highest BCUT2D eigenvalue weighted by Gasteiger charge is 2.28. The molecule has 1 aromatic carbocycles. The third-order valence-corrected chi connectivity index (χ3v) is 4.63. The van der Waals surface area contributed by atoms with E-state index in [-0.39, 0.29) is 0 Å². The number of aromatic amines is 1. The number of hydrogen-bond acceptors (Lipinski definition) is 4. The predicted octanol–water partition coefficient (Wildman–Crippen LogP) is 2.23. The molecule has 0 amide bonds. The Morgan fingerprint density at radius 2 is 2.36 bits per heavy atom. The van der Waals surface area contributed by atoms with Gasteiger partial charge in [-0.15, -0.1) is 0 Å². The number of rotatable bonds is 3. The van der Waals surface area contributed by atoms with Crippen molar-refractivity contribution < 1.29 is 9.47 Å². The molecule has 0 spiro atoms. The number of H-pyrrole nitrogens is 1. The average molecular weight is 299 g/mol. The number of imidazole rings is 1. The van der Waals surface area contributed by atoms with Gasteiger partial charge in [0.1, 0.15) is 11.6 Å². The predicted molar refractivity (Wildman–Crippen MR) is 83.9 cm³/mol. The minimum Gasteiger partial charge on any atom is -0.497 e. The minimum absolute atomic E-state index is 0.566. The van der Waals surface area contributed by atoms with Gasteiger partial charge in [-0.3, -0.25) is 4.90 Å². The zero-order chi connectivity index (χ0) is 14.9. The van der Waals surface area contributed by atoms with E-state index in [0.717, 1.165) is 56.3 Å². The van der Waals surface area contributed by atoms with Gasteiger partial charge in [-0.2, -0.15) is 0 Å². The monoisotopic (exact) mass is 299 g/mol. The molecule has 0 bridgehead atoms. The number of hydrogen-bond donors (Lipinski definition) is 1. The van der Waals surface area contributed by atoms with Gasteiger partial charge in [0.15, 0.2) is 0 Å². The third-order valence-electron chi connectivity index (χ3n) is 4.63. The normalized spacial score (nSPS) is 21.8. The summed E-state index contributed by atoms with van der Waals surface area (Å²) in [5.41, 5.74) is 3.52. The van der Waals surface area contributed by atoms with E-state index in [0.29, 0.717) is 6.04 Å². The fourth-order valence-corrected chi connectivity index (χ4v) is 3.34. The molecule has 3 heterocycles. The summed E-state index contributed by atoms with van der Waals surface area (Å²) in [6.07, 6.45) is 2.15. The number of aromatic nitrogens is 2. The molecule has 116 valence electrons. The van der Waals surface area contributed by atoms with Crippen LogP contribution in [0.1, 0.15) is 17.8 Å². The van der Waals surface area contributed by atoms with Crippen LogP contribution >= 0.6 is 0 Å². The summed E-state index contributed by atoms with van der Waals surface area (Å²) >= 11 is 0. The second-order valence-electron chi connectivity index (χ2n) is 5.98. The Hall–Kier alpha value is -1.85. The van der Waals surface area contributed by atoms with Crippen LogP contribution in [0.15, 0.2) is 24.3 Å². The van der Waals surface area contributed by atoms with Crippen molar-refractivity contribution in [1.29, 1.82) is 0 Å². The fraction of sp³-hybridized carbons (Fsp3) is 0.471. The van der Waals surface area contributed by atoms with Gasteiger partial charge in [-0.25, -0.2) is 4.98 Å². The van der Waals surface area contributed by atoms with E-state index in [1.807, 2.05) is 18.2 Å².